The summed E-state index contributed by atoms with van der Waals surface area (Å²) in [6, 6.07) is 11.9. The first-order valence-electron chi connectivity index (χ1n) is 12.6. The van der Waals surface area contributed by atoms with Gasteiger partial charge in [-0.15, -0.1) is 0 Å². The lowest BCUT2D eigenvalue weighted by atomic mass is 10.1. The average Bonchev–Trinajstić information content (AvgIpc) is 2.97. The molecule has 9 N–H and O–H groups in total. The van der Waals surface area contributed by atoms with E-state index in [1.165, 1.54) is 31.4 Å². The first-order valence-corrected chi connectivity index (χ1v) is 12.6. The minimum atomic E-state index is -0.888. The molecule has 0 saturated carbocycles. The van der Waals surface area contributed by atoms with Gasteiger partial charge >= 0.3 is 0 Å². The van der Waals surface area contributed by atoms with Crippen molar-refractivity contribution in [3.05, 3.63) is 81.1 Å². The van der Waals surface area contributed by atoms with Crippen molar-refractivity contribution in [2.45, 2.75) is 7.43 Å². The van der Waals surface area contributed by atoms with E-state index in [1.807, 2.05) is 0 Å². The fourth-order valence-corrected chi connectivity index (χ4v) is 4.44. The molecule has 6 rings (SSSR count). The van der Waals surface area contributed by atoms with Crippen LogP contribution in [-0.4, -0.2) is 53.1 Å². The molecular weight excluding hydrogens is 608 g/mol. The molecule has 0 radical (unpaired) electrons. The van der Waals surface area contributed by atoms with Crippen LogP contribution in [0.2, 0.25) is 0 Å². The van der Waals surface area contributed by atoms with Gasteiger partial charge < -0.3 is 59.5 Å². The highest BCUT2D eigenvalue weighted by atomic mass is 16.5. The normalized spacial score (nSPS) is 10.6. The lowest BCUT2D eigenvalue weighted by Crippen LogP contribution is -2.03. The predicted molar refractivity (Wildman–Crippen MR) is 164 cm³/mol. The third-order valence-corrected chi connectivity index (χ3v) is 6.55. The van der Waals surface area contributed by atoms with Crippen molar-refractivity contribution in [3.8, 4) is 80.1 Å². The Hall–Kier alpha value is -6.70. The summed E-state index contributed by atoms with van der Waals surface area (Å²) in [5, 5.41) is 86.5. The fraction of sp³-hybridized carbons (Fsp3) is 0.0625. The van der Waals surface area contributed by atoms with Gasteiger partial charge in [0.15, 0.2) is 34.5 Å². The zero-order valence-electron chi connectivity index (χ0n) is 22.8. The van der Waals surface area contributed by atoms with Gasteiger partial charge in [-0.2, -0.15) is 0 Å². The molecule has 2 aromatic heterocycles. The zero-order chi connectivity index (χ0) is 32.7. The highest BCUT2D eigenvalue weighted by Gasteiger charge is 2.21. The van der Waals surface area contributed by atoms with Gasteiger partial charge in [0, 0.05) is 35.4 Å². The number of hydrogen-bond donors (Lipinski definition) is 9. The molecule has 238 valence electrons. The van der Waals surface area contributed by atoms with Crippen molar-refractivity contribution < 1.29 is 59.5 Å². The maximum absolute atomic E-state index is 12.2. The van der Waals surface area contributed by atoms with Crippen LogP contribution in [0.15, 0.2) is 79.1 Å². The first kappa shape index (κ1) is 32.2. The number of hydrogen-bond acceptors (Lipinski definition) is 14. The Bertz CT molecular complexity index is 2250. The summed E-state index contributed by atoms with van der Waals surface area (Å²) < 4.78 is 15.7. The summed E-state index contributed by atoms with van der Waals surface area (Å²) >= 11 is 0. The van der Waals surface area contributed by atoms with Crippen LogP contribution < -0.4 is 15.6 Å². The molecule has 0 fully saturated rings. The predicted octanol–water partition coefficient (Wildman–Crippen LogP) is 4.92. The van der Waals surface area contributed by atoms with Crippen molar-refractivity contribution in [2.24, 2.45) is 0 Å². The van der Waals surface area contributed by atoms with E-state index < -0.39 is 39.6 Å². The van der Waals surface area contributed by atoms with Gasteiger partial charge in [0.05, 0.1) is 7.11 Å². The molecule has 0 unspecified atom stereocenters. The monoisotopic (exact) mass is 634 g/mol. The Morgan fingerprint density at radius 3 is 1.37 bits per heavy atom. The fourth-order valence-electron chi connectivity index (χ4n) is 4.44. The molecule has 0 saturated heterocycles. The molecule has 2 heterocycles. The highest BCUT2D eigenvalue weighted by Crippen LogP contribution is 2.39. The Morgan fingerprint density at radius 2 is 0.957 bits per heavy atom. The Kier molecular flexibility index (Phi) is 8.49. The van der Waals surface area contributed by atoms with Crippen molar-refractivity contribution in [3.63, 3.8) is 0 Å². The minimum Gasteiger partial charge on any atom is -0.508 e. The van der Waals surface area contributed by atoms with Crippen molar-refractivity contribution >= 4 is 21.9 Å². The molecule has 46 heavy (non-hydrogen) atoms. The molecular formula is C32H26O14. The summed E-state index contributed by atoms with van der Waals surface area (Å²) in [6.07, 6.45) is 0. The van der Waals surface area contributed by atoms with E-state index in [1.54, 1.807) is 0 Å². The van der Waals surface area contributed by atoms with E-state index in [9.17, 15) is 55.5 Å². The Labute approximate surface area is 257 Å². The molecule has 0 atom stereocenters. The number of phenolic OH excluding ortho intramolecular Hbond substituents is 7. The maximum Gasteiger partial charge on any atom is 0.238 e. The quantitative estimate of drug-likeness (QED) is 0.117. The Morgan fingerprint density at radius 1 is 0.522 bits per heavy atom. The smallest absolute Gasteiger partial charge is 0.238 e. The van der Waals surface area contributed by atoms with E-state index in [4.69, 9.17) is 13.6 Å². The van der Waals surface area contributed by atoms with Crippen molar-refractivity contribution in [1.82, 2.24) is 0 Å². The number of ether oxygens (including phenoxy) is 1. The summed E-state index contributed by atoms with van der Waals surface area (Å²) in [5.74, 6) is -4.43. The van der Waals surface area contributed by atoms with Gasteiger partial charge in [-0.1, -0.05) is 7.43 Å². The second-order valence-corrected chi connectivity index (χ2v) is 9.48. The third-order valence-electron chi connectivity index (χ3n) is 6.55. The van der Waals surface area contributed by atoms with Gasteiger partial charge in [0.1, 0.15) is 44.9 Å². The molecule has 14 heteroatoms. The van der Waals surface area contributed by atoms with Gasteiger partial charge in [-0.05, 0) is 36.4 Å². The van der Waals surface area contributed by atoms with Crippen molar-refractivity contribution in [1.29, 1.82) is 0 Å². The molecule has 0 amide bonds. The lowest BCUT2D eigenvalue weighted by molar-refractivity contribution is 0.373. The highest BCUT2D eigenvalue weighted by molar-refractivity contribution is 5.89. The summed E-state index contributed by atoms with van der Waals surface area (Å²) in [7, 11) is 1.38. The second kappa shape index (κ2) is 12.1. The molecule has 0 aliphatic carbocycles. The van der Waals surface area contributed by atoms with Gasteiger partial charge in [0.2, 0.25) is 22.4 Å². The lowest BCUT2D eigenvalue weighted by Gasteiger charge is -2.09. The van der Waals surface area contributed by atoms with Gasteiger partial charge in [-0.3, -0.25) is 9.59 Å². The molecule has 4 aromatic carbocycles. The number of benzene rings is 4. The molecule has 0 aliphatic rings. The second-order valence-electron chi connectivity index (χ2n) is 9.48. The van der Waals surface area contributed by atoms with Crippen LogP contribution >= 0.6 is 0 Å². The van der Waals surface area contributed by atoms with Crippen LogP contribution in [0.25, 0.3) is 44.6 Å². The van der Waals surface area contributed by atoms with Crippen LogP contribution in [-0.2, 0) is 0 Å². The van der Waals surface area contributed by atoms with Crippen LogP contribution in [0, 0.1) is 0 Å². The number of fused-ring (bicyclic) bond motifs is 2. The molecule has 6 aromatic rings. The van der Waals surface area contributed by atoms with Crippen molar-refractivity contribution in [2.75, 3.05) is 7.11 Å². The van der Waals surface area contributed by atoms with Crippen LogP contribution in [0.1, 0.15) is 7.43 Å². The standard InChI is InChI=1S/C16H12O7.C15H10O7.CH4/c1-22-11-3-2-7(4-9(11)18)16-15(21)14(20)13-10(19)5-8(17)6-12(13)23-16;16-7-4-10(19)12-11(5-7)22-15(14(21)13(12)20)6-1-2-8(17)9(18)3-6;/h2-6,17-19,21H,1H3;1-5,16-19,21H;1H4. The van der Waals surface area contributed by atoms with E-state index in [0.717, 1.165) is 36.4 Å². The first-order chi connectivity index (χ1) is 21.3. The average molecular weight is 635 g/mol. The topological polar surface area (TPSA) is 252 Å². The minimum absolute atomic E-state index is 0. The molecule has 14 nitrogen and oxygen atoms in total. The third kappa shape index (κ3) is 5.65. The van der Waals surface area contributed by atoms with E-state index in [-0.39, 0.29) is 80.8 Å². The molecule has 0 spiro atoms. The van der Waals surface area contributed by atoms with E-state index in [2.05, 4.69) is 0 Å². The summed E-state index contributed by atoms with van der Waals surface area (Å²) in [4.78, 5) is 24.4. The zero-order valence-corrected chi connectivity index (χ0v) is 22.8. The number of rotatable bonds is 3. The summed E-state index contributed by atoms with van der Waals surface area (Å²) in [5.41, 5.74) is -1.62. The summed E-state index contributed by atoms with van der Waals surface area (Å²) in [6.45, 7) is 0. The molecule has 0 bridgehead atoms. The molecule has 0 aliphatic heterocycles. The van der Waals surface area contributed by atoms with Gasteiger partial charge in [-0.25, -0.2) is 0 Å². The largest absolute Gasteiger partial charge is 0.508 e. The van der Waals surface area contributed by atoms with Gasteiger partial charge in [0.25, 0.3) is 0 Å². The SMILES string of the molecule is C.COc1ccc(-c2oc3cc(O)cc(O)c3c(=O)c2O)cc1O.O=c1c(O)c(-c2ccc(O)c(O)c2)oc2cc(O)cc(O)c12. The van der Waals surface area contributed by atoms with E-state index in [0.29, 0.717) is 0 Å². The van der Waals surface area contributed by atoms with Crippen LogP contribution in [0.5, 0.6) is 57.5 Å². The Balaban J connectivity index is 0.000000205. The maximum atomic E-state index is 12.2. The number of methoxy groups -OCH3 is 1. The van der Waals surface area contributed by atoms with E-state index >= 15 is 0 Å². The number of phenols is 7. The van der Waals surface area contributed by atoms with Crippen LogP contribution in [0.3, 0.4) is 0 Å². The van der Waals surface area contributed by atoms with Crippen LogP contribution in [0.4, 0.5) is 0 Å². The number of aromatic hydroxyl groups is 9.